The minimum absolute atomic E-state index is 0.0375. The van der Waals surface area contributed by atoms with Crippen molar-refractivity contribution >= 4 is 11.7 Å². The van der Waals surface area contributed by atoms with Gasteiger partial charge in [0, 0.05) is 24.9 Å². The summed E-state index contributed by atoms with van der Waals surface area (Å²) >= 11 is 0. The molecular weight excluding hydrogens is 306 g/mol. The van der Waals surface area contributed by atoms with Crippen molar-refractivity contribution in [3.05, 3.63) is 54.4 Å². The van der Waals surface area contributed by atoms with Crippen LogP contribution < -0.4 is 5.32 Å². The molecule has 1 saturated heterocycles. The monoisotopic (exact) mass is 327 g/mol. The van der Waals surface area contributed by atoms with Crippen molar-refractivity contribution in [1.29, 1.82) is 0 Å². The fourth-order valence-corrected chi connectivity index (χ4v) is 2.74. The maximum absolute atomic E-state index is 12.7. The van der Waals surface area contributed by atoms with Gasteiger partial charge in [-0.2, -0.15) is 0 Å². The quantitative estimate of drug-likeness (QED) is 0.885. The Bertz CT molecular complexity index is 672. The SMILES string of the molecule is O=C(Nc1cccnc1)N(Cc1ccccc1O)CC1CCCO1. The van der Waals surface area contributed by atoms with Gasteiger partial charge in [0.05, 0.1) is 24.5 Å². The van der Waals surface area contributed by atoms with Crippen molar-refractivity contribution in [3.63, 3.8) is 0 Å². The number of pyridine rings is 1. The molecule has 0 radical (unpaired) electrons. The Morgan fingerprint density at radius 1 is 1.33 bits per heavy atom. The summed E-state index contributed by atoms with van der Waals surface area (Å²) in [5.74, 6) is 0.184. The molecule has 0 spiro atoms. The lowest BCUT2D eigenvalue weighted by molar-refractivity contribution is 0.0817. The second-order valence-electron chi connectivity index (χ2n) is 5.82. The third-order valence-corrected chi connectivity index (χ3v) is 4.00. The van der Waals surface area contributed by atoms with Crippen molar-refractivity contribution in [2.24, 2.45) is 0 Å². The van der Waals surface area contributed by atoms with Crippen LogP contribution in [0.1, 0.15) is 18.4 Å². The number of phenolic OH excluding ortho intramolecular Hbond substituents is 1. The van der Waals surface area contributed by atoms with Crippen LogP contribution in [-0.4, -0.2) is 40.3 Å². The molecule has 0 bridgehead atoms. The van der Waals surface area contributed by atoms with Gasteiger partial charge in [-0.1, -0.05) is 18.2 Å². The number of aromatic hydroxyl groups is 1. The average molecular weight is 327 g/mol. The van der Waals surface area contributed by atoms with Crippen molar-refractivity contribution in [2.75, 3.05) is 18.5 Å². The van der Waals surface area contributed by atoms with Crippen LogP contribution in [0, 0.1) is 0 Å². The first-order valence-corrected chi connectivity index (χ1v) is 8.07. The number of urea groups is 1. The van der Waals surface area contributed by atoms with Gasteiger partial charge in [-0.15, -0.1) is 0 Å². The Morgan fingerprint density at radius 2 is 2.21 bits per heavy atom. The van der Waals surface area contributed by atoms with E-state index in [9.17, 15) is 9.90 Å². The average Bonchev–Trinajstić information content (AvgIpc) is 3.10. The minimum atomic E-state index is -0.234. The van der Waals surface area contributed by atoms with Gasteiger partial charge in [0.25, 0.3) is 0 Å². The summed E-state index contributed by atoms with van der Waals surface area (Å²) in [6.07, 6.45) is 5.25. The number of hydrogen-bond acceptors (Lipinski definition) is 4. The van der Waals surface area contributed by atoms with E-state index in [-0.39, 0.29) is 17.9 Å². The molecular formula is C18H21N3O3. The number of nitrogens with zero attached hydrogens (tertiary/aromatic N) is 2. The Hall–Kier alpha value is -2.60. The number of carbonyl (C=O) groups excluding carboxylic acids is 1. The number of anilines is 1. The normalized spacial score (nSPS) is 16.8. The predicted molar refractivity (Wildman–Crippen MR) is 90.7 cm³/mol. The molecule has 1 atom stereocenters. The highest BCUT2D eigenvalue weighted by molar-refractivity contribution is 5.89. The van der Waals surface area contributed by atoms with Crippen LogP contribution in [-0.2, 0) is 11.3 Å². The van der Waals surface area contributed by atoms with E-state index >= 15 is 0 Å². The van der Waals surface area contributed by atoms with E-state index in [0.29, 0.717) is 24.3 Å². The van der Waals surface area contributed by atoms with E-state index in [2.05, 4.69) is 10.3 Å². The molecule has 1 aliphatic rings. The molecule has 1 fully saturated rings. The van der Waals surface area contributed by atoms with E-state index < -0.39 is 0 Å². The number of nitrogens with one attached hydrogen (secondary N) is 1. The summed E-state index contributed by atoms with van der Waals surface area (Å²) < 4.78 is 5.66. The van der Waals surface area contributed by atoms with Gasteiger partial charge in [-0.3, -0.25) is 4.98 Å². The van der Waals surface area contributed by atoms with Crippen LogP contribution in [0.25, 0.3) is 0 Å². The smallest absolute Gasteiger partial charge is 0.322 e. The molecule has 1 aromatic heterocycles. The molecule has 1 unspecified atom stereocenters. The van der Waals surface area contributed by atoms with Crippen LogP contribution in [0.4, 0.5) is 10.5 Å². The first-order valence-electron chi connectivity index (χ1n) is 8.07. The van der Waals surface area contributed by atoms with E-state index in [4.69, 9.17) is 4.74 Å². The Morgan fingerprint density at radius 3 is 2.92 bits per heavy atom. The third kappa shape index (κ3) is 4.23. The summed E-state index contributed by atoms with van der Waals surface area (Å²) in [5.41, 5.74) is 1.34. The van der Waals surface area contributed by atoms with Crippen molar-refractivity contribution in [1.82, 2.24) is 9.88 Å². The highest BCUT2D eigenvalue weighted by Crippen LogP contribution is 2.21. The molecule has 1 aromatic carbocycles. The predicted octanol–water partition coefficient (Wildman–Crippen LogP) is 3.00. The van der Waals surface area contributed by atoms with Gasteiger partial charge in [-0.05, 0) is 31.0 Å². The largest absolute Gasteiger partial charge is 0.508 e. The molecule has 126 valence electrons. The first kappa shape index (κ1) is 16.3. The molecule has 3 rings (SSSR count). The molecule has 0 aliphatic carbocycles. The van der Waals surface area contributed by atoms with E-state index in [1.807, 2.05) is 12.1 Å². The summed E-state index contributed by atoms with van der Waals surface area (Å²) in [7, 11) is 0. The maximum Gasteiger partial charge on any atom is 0.322 e. The lowest BCUT2D eigenvalue weighted by atomic mass is 10.1. The van der Waals surface area contributed by atoms with Crippen LogP contribution in [0.5, 0.6) is 5.75 Å². The summed E-state index contributed by atoms with van der Waals surface area (Å²) in [4.78, 5) is 18.3. The summed E-state index contributed by atoms with van der Waals surface area (Å²) in [6.45, 7) is 1.54. The number of hydrogen-bond donors (Lipinski definition) is 2. The van der Waals surface area contributed by atoms with Gasteiger partial charge in [0.1, 0.15) is 5.75 Å². The molecule has 0 saturated carbocycles. The van der Waals surface area contributed by atoms with Crippen LogP contribution in [0.3, 0.4) is 0 Å². The number of phenols is 1. The van der Waals surface area contributed by atoms with Crippen molar-refractivity contribution in [3.8, 4) is 5.75 Å². The molecule has 2 amide bonds. The highest BCUT2D eigenvalue weighted by Gasteiger charge is 2.23. The number of rotatable bonds is 5. The Balaban J connectivity index is 1.73. The van der Waals surface area contributed by atoms with Crippen molar-refractivity contribution < 1.29 is 14.6 Å². The fraction of sp³-hybridized carbons (Fsp3) is 0.333. The zero-order valence-corrected chi connectivity index (χ0v) is 13.4. The summed E-state index contributed by atoms with van der Waals surface area (Å²) in [6, 6.07) is 10.4. The molecule has 6 nitrogen and oxygen atoms in total. The van der Waals surface area contributed by atoms with E-state index in [1.165, 1.54) is 0 Å². The van der Waals surface area contributed by atoms with Crippen LogP contribution in [0.15, 0.2) is 48.8 Å². The fourth-order valence-electron chi connectivity index (χ4n) is 2.74. The third-order valence-electron chi connectivity index (χ3n) is 4.00. The molecule has 6 heteroatoms. The lowest BCUT2D eigenvalue weighted by Crippen LogP contribution is -2.39. The van der Waals surface area contributed by atoms with Gasteiger partial charge in [0.2, 0.25) is 0 Å². The summed E-state index contributed by atoms with van der Waals surface area (Å²) in [5, 5.41) is 12.8. The molecule has 2 heterocycles. The first-order chi connectivity index (χ1) is 11.7. The second kappa shape index (κ2) is 7.79. The van der Waals surface area contributed by atoms with Crippen LogP contribution >= 0.6 is 0 Å². The van der Waals surface area contributed by atoms with Crippen molar-refractivity contribution in [2.45, 2.75) is 25.5 Å². The molecule has 1 aliphatic heterocycles. The van der Waals surface area contributed by atoms with Crippen LogP contribution in [0.2, 0.25) is 0 Å². The number of benzene rings is 1. The topological polar surface area (TPSA) is 74.7 Å². The zero-order valence-electron chi connectivity index (χ0n) is 13.4. The molecule has 2 aromatic rings. The highest BCUT2D eigenvalue weighted by atomic mass is 16.5. The van der Waals surface area contributed by atoms with Gasteiger partial charge < -0.3 is 20.1 Å². The second-order valence-corrected chi connectivity index (χ2v) is 5.82. The maximum atomic E-state index is 12.7. The van der Waals surface area contributed by atoms with Gasteiger partial charge >= 0.3 is 6.03 Å². The number of para-hydroxylation sites is 1. The Kier molecular flexibility index (Phi) is 5.28. The number of carbonyl (C=O) groups is 1. The zero-order chi connectivity index (χ0) is 16.8. The molecule has 24 heavy (non-hydrogen) atoms. The minimum Gasteiger partial charge on any atom is -0.508 e. The number of ether oxygens (including phenoxy) is 1. The number of amides is 2. The molecule has 2 N–H and O–H groups in total. The van der Waals surface area contributed by atoms with Gasteiger partial charge in [0.15, 0.2) is 0 Å². The number of aromatic nitrogens is 1. The van der Waals surface area contributed by atoms with Gasteiger partial charge in [-0.25, -0.2) is 4.79 Å². The lowest BCUT2D eigenvalue weighted by Gasteiger charge is -2.26. The Labute approximate surface area is 141 Å². The van der Waals surface area contributed by atoms with E-state index in [1.54, 1.807) is 41.6 Å². The standard InChI is InChI=1S/C18H21N3O3/c22-17-8-2-1-5-14(17)12-21(13-16-7-4-10-24-16)18(23)20-15-6-3-9-19-11-15/h1-3,5-6,8-9,11,16,22H,4,7,10,12-13H2,(H,20,23). The van der Waals surface area contributed by atoms with E-state index in [0.717, 1.165) is 19.4 Å².